The number of fused-ring (bicyclic) bond motifs is 3. The van der Waals surface area contributed by atoms with E-state index in [1.807, 2.05) is 6.07 Å². The Morgan fingerprint density at radius 1 is 0.718 bits per heavy atom. The molecule has 0 atom stereocenters. The maximum Gasteiger partial charge on any atom is 0.160 e. The van der Waals surface area contributed by atoms with Crippen LogP contribution in [0.3, 0.4) is 0 Å². The van der Waals surface area contributed by atoms with Gasteiger partial charge in [-0.05, 0) is 93.0 Å². The van der Waals surface area contributed by atoms with Gasteiger partial charge >= 0.3 is 0 Å². The zero-order chi connectivity index (χ0) is 27.0. The molecule has 0 N–H and O–H groups in total. The van der Waals surface area contributed by atoms with Gasteiger partial charge in [0.25, 0.3) is 0 Å². The first kappa shape index (κ1) is 26.9. The predicted molar refractivity (Wildman–Crippen MR) is 175 cm³/mol. The second kappa shape index (κ2) is 11.3. The normalized spacial score (nSPS) is 13.4. The Labute approximate surface area is 251 Å². The van der Waals surface area contributed by atoms with Crippen LogP contribution < -0.4 is 0 Å². The first-order chi connectivity index (χ1) is 19.1. The van der Waals surface area contributed by atoms with Crippen molar-refractivity contribution in [3.05, 3.63) is 92.6 Å². The molecular weight excluding hydrogens is 600 g/mol. The van der Waals surface area contributed by atoms with Crippen molar-refractivity contribution in [2.45, 2.75) is 57.8 Å². The number of carbonyl (C=O) groups excluding carboxylic acids is 1. The summed E-state index contributed by atoms with van der Waals surface area (Å²) in [6, 6.07) is 27.0. The Morgan fingerprint density at radius 3 is 2.15 bits per heavy atom. The smallest absolute Gasteiger partial charge is 0.160 e. The highest BCUT2D eigenvalue weighted by atomic mass is 79.9. The summed E-state index contributed by atoms with van der Waals surface area (Å²) in [5.74, 6) is 0. The molecule has 0 unspecified atom stereocenters. The lowest BCUT2D eigenvalue weighted by Crippen LogP contribution is -2.25. The third-order valence-corrected chi connectivity index (χ3v) is 12.1. The number of hydrogen-bond acceptors (Lipinski definition) is 4. The van der Waals surface area contributed by atoms with E-state index in [9.17, 15) is 4.79 Å². The van der Waals surface area contributed by atoms with E-state index in [4.69, 9.17) is 0 Å². The quantitative estimate of drug-likeness (QED) is 0.140. The predicted octanol–water partition coefficient (Wildman–Crippen LogP) is 12.1. The van der Waals surface area contributed by atoms with Crippen molar-refractivity contribution in [1.29, 1.82) is 0 Å². The lowest BCUT2D eigenvalue weighted by atomic mass is 9.70. The highest BCUT2D eigenvalue weighted by Crippen LogP contribution is 2.55. The topological polar surface area (TPSA) is 17.1 Å². The summed E-state index contributed by atoms with van der Waals surface area (Å²) in [6.07, 6.45) is 8.25. The van der Waals surface area contributed by atoms with Crippen LogP contribution in [0.1, 0.15) is 73.2 Å². The lowest BCUT2D eigenvalue weighted by molar-refractivity contribution is 0.112. The molecule has 1 nitrogen and oxygen atoms in total. The standard InChI is InChI=1S/C34H31BrOS3/c1-3-5-17-34(18-6-4-2)27-10-8-7-9-24(27)25-13-11-22(19-28(25)34)26-20-32(35)39-33(26)31-16-15-30(38-31)29-14-12-23(21-36)37-29/h7-16,19-21H,3-6,17-18H2,1-2H3. The van der Waals surface area contributed by atoms with E-state index in [1.54, 1.807) is 34.0 Å². The first-order valence-corrected chi connectivity index (χ1v) is 17.0. The molecular formula is C34H31BrOS3. The van der Waals surface area contributed by atoms with Crippen LogP contribution in [0.25, 0.3) is 41.8 Å². The van der Waals surface area contributed by atoms with Gasteiger partial charge in [-0.25, -0.2) is 0 Å². The molecule has 0 saturated heterocycles. The summed E-state index contributed by atoms with van der Waals surface area (Å²) in [5.41, 5.74) is 8.56. The van der Waals surface area contributed by atoms with Gasteiger partial charge in [0.05, 0.1) is 13.5 Å². The number of carbonyl (C=O) groups is 1. The number of aldehydes is 1. The van der Waals surface area contributed by atoms with Crippen molar-refractivity contribution in [3.8, 4) is 41.8 Å². The summed E-state index contributed by atoms with van der Waals surface area (Å²) in [6.45, 7) is 4.62. The first-order valence-electron chi connectivity index (χ1n) is 13.8. The number of unbranched alkanes of at least 4 members (excludes halogenated alkanes) is 2. The fraction of sp³-hybridized carbons (Fsp3) is 0.265. The Hall–Kier alpha value is -2.31. The van der Waals surface area contributed by atoms with E-state index in [-0.39, 0.29) is 5.41 Å². The van der Waals surface area contributed by atoms with Crippen molar-refractivity contribution >= 4 is 56.2 Å². The zero-order valence-electron chi connectivity index (χ0n) is 22.3. The second-order valence-electron chi connectivity index (χ2n) is 10.4. The van der Waals surface area contributed by atoms with E-state index < -0.39 is 0 Å². The molecule has 0 spiro atoms. The largest absolute Gasteiger partial charge is 0.297 e. The molecule has 0 aliphatic heterocycles. The molecule has 0 amide bonds. The Morgan fingerprint density at radius 2 is 1.41 bits per heavy atom. The summed E-state index contributed by atoms with van der Waals surface area (Å²) >= 11 is 8.97. The molecule has 0 saturated carbocycles. The summed E-state index contributed by atoms with van der Waals surface area (Å²) in [7, 11) is 0. The van der Waals surface area contributed by atoms with Crippen LogP contribution in [0.15, 0.2) is 76.6 Å². The van der Waals surface area contributed by atoms with Crippen molar-refractivity contribution < 1.29 is 4.79 Å². The Kier molecular flexibility index (Phi) is 7.78. The Bertz CT molecular complexity index is 1630. The molecule has 198 valence electrons. The van der Waals surface area contributed by atoms with Crippen LogP contribution >= 0.6 is 49.9 Å². The summed E-state index contributed by atoms with van der Waals surface area (Å²) < 4.78 is 1.15. The van der Waals surface area contributed by atoms with E-state index in [2.05, 4.69) is 96.5 Å². The van der Waals surface area contributed by atoms with Crippen molar-refractivity contribution in [3.63, 3.8) is 0 Å². The molecule has 2 aromatic carbocycles. The molecule has 0 radical (unpaired) electrons. The summed E-state index contributed by atoms with van der Waals surface area (Å²) in [5, 5.41) is 0. The monoisotopic (exact) mass is 630 g/mol. The molecule has 5 heteroatoms. The van der Waals surface area contributed by atoms with Crippen molar-refractivity contribution in [2.75, 3.05) is 0 Å². The van der Waals surface area contributed by atoms with E-state index in [1.165, 1.54) is 86.5 Å². The molecule has 1 aliphatic carbocycles. The molecule has 6 rings (SSSR count). The van der Waals surface area contributed by atoms with Gasteiger partial charge in [0.2, 0.25) is 0 Å². The SMILES string of the molecule is CCCCC1(CCCC)c2ccccc2-c2ccc(-c3cc(Br)sc3-c3ccc(-c4ccc(C=O)s4)s3)cc21. The van der Waals surface area contributed by atoms with E-state index in [0.717, 1.165) is 19.8 Å². The van der Waals surface area contributed by atoms with Gasteiger partial charge < -0.3 is 0 Å². The van der Waals surface area contributed by atoms with Gasteiger partial charge in [-0.2, -0.15) is 0 Å². The van der Waals surface area contributed by atoms with Gasteiger partial charge in [-0.3, -0.25) is 4.79 Å². The zero-order valence-corrected chi connectivity index (χ0v) is 26.3. The highest BCUT2D eigenvalue weighted by Gasteiger charge is 2.42. The van der Waals surface area contributed by atoms with Crippen molar-refractivity contribution in [1.82, 2.24) is 0 Å². The van der Waals surface area contributed by atoms with Gasteiger partial charge in [-0.15, -0.1) is 34.0 Å². The lowest BCUT2D eigenvalue weighted by Gasteiger charge is -2.33. The molecule has 1 aliphatic rings. The fourth-order valence-corrected chi connectivity index (χ4v) is 9.81. The Balaban J connectivity index is 1.46. The third kappa shape index (κ3) is 4.82. The molecule has 0 bridgehead atoms. The second-order valence-corrected chi connectivity index (χ2v) is 15.0. The van der Waals surface area contributed by atoms with Crippen LogP contribution in [0.4, 0.5) is 0 Å². The van der Waals surface area contributed by atoms with Crippen LogP contribution in [-0.2, 0) is 5.41 Å². The van der Waals surface area contributed by atoms with Gasteiger partial charge in [0.1, 0.15) is 0 Å². The minimum atomic E-state index is 0.0902. The molecule has 0 fully saturated rings. The van der Waals surface area contributed by atoms with Gasteiger partial charge in [-0.1, -0.05) is 75.9 Å². The molecule has 3 aromatic heterocycles. The average molecular weight is 632 g/mol. The molecule has 39 heavy (non-hydrogen) atoms. The van der Waals surface area contributed by atoms with Crippen LogP contribution in [0, 0.1) is 0 Å². The van der Waals surface area contributed by atoms with E-state index >= 15 is 0 Å². The summed E-state index contributed by atoms with van der Waals surface area (Å²) in [4.78, 5) is 16.9. The minimum Gasteiger partial charge on any atom is -0.297 e. The van der Waals surface area contributed by atoms with Crippen LogP contribution in [0.2, 0.25) is 0 Å². The van der Waals surface area contributed by atoms with E-state index in [0.29, 0.717) is 0 Å². The number of hydrogen-bond donors (Lipinski definition) is 0. The molecule has 3 heterocycles. The fourth-order valence-electron chi connectivity index (χ4n) is 6.14. The highest BCUT2D eigenvalue weighted by molar-refractivity contribution is 9.11. The number of thiophene rings is 3. The maximum atomic E-state index is 11.2. The van der Waals surface area contributed by atoms with Crippen LogP contribution in [0.5, 0.6) is 0 Å². The van der Waals surface area contributed by atoms with Crippen molar-refractivity contribution in [2.24, 2.45) is 0 Å². The number of benzene rings is 2. The number of rotatable bonds is 10. The minimum absolute atomic E-state index is 0.0902. The third-order valence-electron chi connectivity index (χ3n) is 8.01. The molecule has 5 aromatic rings. The van der Waals surface area contributed by atoms with Gasteiger partial charge in [0.15, 0.2) is 6.29 Å². The number of halogens is 1. The average Bonchev–Trinajstić information content (AvgIpc) is 3.75. The van der Waals surface area contributed by atoms with Gasteiger partial charge in [0, 0.05) is 25.6 Å². The maximum absolute atomic E-state index is 11.2. The van der Waals surface area contributed by atoms with Crippen LogP contribution in [-0.4, -0.2) is 6.29 Å².